The summed E-state index contributed by atoms with van der Waals surface area (Å²) in [6.45, 7) is 7.42. The summed E-state index contributed by atoms with van der Waals surface area (Å²) in [6, 6.07) is 1.30. The van der Waals surface area contributed by atoms with Crippen molar-refractivity contribution in [2.45, 2.75) is 38.9 Å². The third kappa shape index (κ3) is 2.06. The van der Waals surface area contributed by atoms with Gasteiger partial charge in [0, 0.05) is 6.17 Å². The van der Waals surface area contributed by atoms with Crippen molar-refractivity contribution in [3.63, 3.8) is 0 Å². The van der Waals surface area contributed by atoms with Gasteiger partial charge in [-0.3, -0.25) is 0 Å². The zero-order valence-corrected chi connectivity index (χ0v) is 10.3. The van der Waals surface area contributed by atoms with Crippen molar-refractivity contribution >= 4 is 12.6 Å². The van der Waals surface area contributed by atoms with Crippen LogP contribution in [0.3, 0.4) is 0 Å². The van der Waals surface area contributed by atoms with E-state index >= 15 is 0 Å². The number of pyridine rings is 1. The lowest BCUT2D eigenvalue weighted by Crippen LogP contribution is -2.41. The van der Waals surface area contributed by atoms with Gasteiger partial charge in [-0.2, -0.15) is 5.26 Å². The summed E-state index contributed by atoms with van der Waals surface area (Å²) >= 11 is 0. The molecule has 0 saturated carbocycles. The first-order valence-electron chi connectivity index (χ1n) is 6.84. The molecule has 0 atom stereocenters. The van der Waals surface area contributed by atoms with Crippen molar-refractivity contribution in [3.05, 3.63) is 24.0 Å². The fourth-order valence-corrected chi connectivity index (χ4v) is 1.46. The largest absolute Gasteiger partial charge is 0.494 e. The predicted octanol–water partition coefficient (Wildman–Crippen LogP) is 1.25. The van der Waals surface area contributed by atoms with Crippen molar-refractivity contribution in [1.29, 1.82) is 5.26 Å². The molecule has 0 N–H and O–H groups in total. The van der Waals surface area contributed by atoms with E-state index in [-0.39, 0.29) is 29.4 Å². The zero-order chi connectivity index (χ0) is 15.3. The normalized spacial score (nSPS) is 23.7. The van der Waals surface area contributed by atoms with E-state index in [2.05, 4.69) is 4.98 Å². The summed E-state index contributed by atoms with van der Waals surface area (Å²) in [7, 11) is -0.945. The lowest BCUT2D eigenvalue weighted by atomic mass is 9.79. The average molecular weight is 233 g/mol. The maximum Gasteiger partial charge on any atom is 0.494 e. The fourth-order valence-electron chi connectivity index (χ4n) is 1.46. The minimum Gasteiger partial charge on any atom is -0.399 e. The minimum absolute atomic E-state index is 0.0835. The standard InChI is InChI=1S/C12H15BN2O2/c1-11(2)12(3,4)17-13(16-11)9-5-6-15-10(7-9)8-14/h5-7H,1-4H3/i5D,6D,7D. The van der Waals surface area contributed by atoms with Crippen molar-refractivity contribution in [2.24, 2.45) is 0 Å². The van der Waals surface area contributed by atoms with E-state index in [4.69, 9.17) is 18.7 Å². The van der Waals surface area contributed by atoms with Crippen LogP contribution in [0, 0.1) is 11.3 Å². The van der Waals surface area contributed by atoms with E-state index in [9.17, 15) is 0 Å². The molecule has 88 valence electrons. The first kappa shape index (κ1) is 8.68. The second-order valence-corrected chi connectivity index (χ2v) is 4.94. The minimum atomic E-state index is -0.945. The zero-order valence-electron chi connectivity index (χ0n) is 13.3. The molecule has 1 fully saturated rings. The monoisotopic (exact) mass is 233 g/mol. The number of rotatable bonds is 1. The molecule has 17 heavy (non-hydrogen) atoms. The first-order valence-corrected chi connectivity index (χ1v) is 5.34. The molecule has 0 radical (unpaired) electrons. The van der Waals surface area contributed by atoms with E-state index < -0.39 is 18.3 Å². The van der Waals surface area contributed by atoms with Crippen LogP contribution in [-0.2, 0) is 9.31 Å². The average Bonchev–Trinajstić information content (AvgIpc) is 2.53. The Hall–Kier alpha value is -1.38. The molecule has 0 unspecified atom stereocenters. The molecule has 5 heteroatoms. The van der Waals surface area contributed by atoms with Crippen LogP contribution in [0.25, 0.3) is 0 Å². The highest BCUT2D eigenvalue weighted by Gasteiger charge is 2.51. The Morgan fingerprint density at radius 2 is 1.94 bits per heavy atom. The number of nitrogens with zero attached hydrogens (tertiary/aromatic N) is 2. The molecule has 1 aromatic rings. The van der Waals surface area contributed by atoms with Gasteiger partial charge in [0.15, 0.2) is 0 Å². The molecule has 1 aliphatic heterocycles. The third-order valence-electron chi connectivity index (χ3n) is 3.21. The smallest absolute Gasteiger partial charge is 0.399 e. The van der Waals surface area contributed by atoms with Crippen LogP contribution >= 0.6 is 0 Å². The van der Waals surface area contributed by atoms with Gasteiger partial charge in [-0.15, -0.1) is 0 Å². The van der Waals surface area contributed by atoms with Gasteiger partial charge in [0.05, 0.1) is 15.3 Å². The maximum atomic E-state index is 8.95. The molecular formula is C12H15BN2O2. The highest BCUT2D eigenvalue weighted by atomic mass is 16.7. The Kier molecular flexibility index (Phi) is 1.95. The van der Waals surface area contributed by atoms with Crippen LogP contribution in [0.4, 0.5) is 0 Å². The lowest BCUT2D eigenvalue weighted by molar-refractivity contribution is 0.00578. The third-order valence-corrected chi connectivity index (χ3v) is 3.21. The quantitative estimate of drug-likeness (QED) is 0.685. The fraction of sp³-hybridized carbons (Fsp3) is 0.500. The maximum absolute atomic E-state index is 8.95. The summed E-state index contributed by atoms with van der Waals surface area (Å²) in [4.78, 5) is 3.61. The highest BCUT2D eigenvalue weighted by molar-refractivity contribution is 6.62. The van der Waals surface area contributed by atoms with Gasteiger partial charge in [0.25, 0.3) is 0 Å². The van der Waals surface area contributed by atoms with Crippen LogP contribution < -0.4 is 5.46 Å². The SMILES string of the molecule is [2H]c1nc(C#N)c([2H])c(B2OC(C)(C)C(C)(C)O2)c1[2H]. The van der Waals surface area contributed by atoms with Gasteiger partial charge in [0.2, 0.25) is 0 Å². The van der Waals surface area contributed by atoms with Gasteiger partial charge in [-0.1, -0.05) is 0 Å². The summed E-state index contributed by atoms with van der Waals surface area (Å²) in [5.41, 5.74) is -1.35. The summed E-state index contributed by atoms with van der Waals surface area (Å²) in [6.07, 6.45) is -0.359. The molecule has 0 amide bonds. The van der Waals surface area contributed by atoms with Crippen LogP contribution in [0.1, 0.15) is 37.5 Å². The van der Waals surface area contributed by atoms with Crippen LogP contribution in [-0.4, -0.2) is 23.3 Å². The number of hydrogen-bond donors (Lipinski definition) is 0. The molecular weight excluding hydrogens is 215 g/mol. The van der Waals surface area contributed by atoms with E-state index in [0.29, 0.717) is 0 Å². The van der Waals surface area contributed by atoms with Gasteiger partial charge in [-0.25, -0.2) is 4.98 Å². The summed E-state index contributed by atoms with van der Waals surface area (Å²) in [5.74, 6) is 0. The molecule has 1 aromatic heterocycles. The van der Waals surface area contributed by atoms with Gasteiger partial charge >= 0.3 is 7.12 Å². The molecule has 0 spiro atoms. The Morgan fingerprint density at radius 1 is 1.35 bits per heavy atom. The van der Waals surface area contributed by atoms with Crippen molar-refractivity contribution in [1.82, 2.24) is 4.98 Å². The predicted molar refractivity (Wildman–Crippen MR) is 64.7 cm³/mol. The van der Waals surface area contributed by atoms with Crippen molar-refractivity contribution < 1.29 is 13.4 Å². The molecule has 0 bridgehead atoms. The number of aromatic nitrogens is 1. The topological polar surface area (TPSA) is 55.1 Å². The Balaban J connectivity index is 2.56. The molecule has 2 heterocycles. The Labute approximate surface area is 106 Å². The highest BCUT2D eigenvalue weighted by Crippen LogP contribution is 2.36. The molecule has 0 aliphatic carbocycles. The summed E-state index contributed by atoms with van der Waals surface area (Å²) < 4.78 is 35.0. The van der Waals surface area contributed by atoms with Crippen LogP contribution in [0.5, 0.6) is 0 Å². The van der Waals surface area contributed by atoms with Crippen LogP contribution in [0.15, 0.2) is 18.3 Å². The second kappa shape index (κ2) is 3.83. The van der Waals surface area contributed by atoms with Gasteiger partial charge in [0.1, 0.15) is 11.8 Å². The number of hydrogen-bond acceptors (Lipinski definition) is 4. The second-order valence-electron chi connectivity index (χ2n) is 4.94. The molecule has 0 aromatic carbocycles. The van der Waals surface area contributed by atoms with Crippen molar-refractivity contribution in [3.8, 4) is 6.07 Å². The molecule has 2 rings (SSSR count). The molecule has 4 nitrogen and oxygen atoms in total. The first-order chi connectivity index (χ1) is 9.10. The van der Waals surface area contributed by atoms with Gasteiger partial charge < -0.3 is 9.31 Å². The Morgan fingerprint density at radius 3 is 2.47 bits per heavy atom. The van der Waals surface area contributed by atoms with E-state index in [1.165, 1.54) is 0 Å². The summed E-state index contributed by atoms with van der Waals surface area (Å²) in [5, 5.41) is 8.95. The molecule has 1 saturated heterocycles. The van der Waals surface area contributed by atoms with Crippen molar-refractivity contribution in [2.75, 3.05) is 0 Å². The van der Waals surface area contributed by atoms with E-state index in [1.807, 2.05) is 27.7 Å². The van der Waals surface area contributed by atoms with Gasteiger partial charge in [-0.05, 0) is 45.2 Å². The van der Waals surface area contributed by atoms with E-state index in [0.717, 1.165) is 0 Å². The lowest BCUT2D eigenvalue weighted by Gasteiger charge is -2.32. The molecule has 1 aliphatic rings. The number of nitriles is 1. The Bertz CT molecular complexity index is 598. The van der Waals surface area contributed by atoms with E-state index in [1.54, 1.807) is 6.07 Å². The van der Waals surface area contributed by atoms with Crippen LogP contribution in [0.2, 0.25) is 0 Å².